The van der Waals surface area contributed by atoms with Crippen molar-refractivity contribution in [2.24, 2.45) is 5.92 Å². The van der Waals surface area contributed by atoms with Crippen molar-refractivity contribution in [2.45, 2.75) is 50.2 Å². The van der Waals surface area contributed by atoms with Gasteiger partial charge in [-0.2, -0.15) is 5.01 Å². The molecule has 0 saturated carbocycles. The first-order chi connectivity index (χ1) is 20.5. The molecule has 0 spiro atoms. The first kappa shape index (κ1) is 27.7. The number of nitrogens with one attached hydrogen (secondary N) is 4. The van der Waals surface area contributed by atoms with Gasteiger partial charge in [-0.05, 0) is 26.0 Å². The van der Waals surface area contributed by atoms with Gasteiger partial charge in [0.1, 0.15) is 24.8 Å². The number of hydrogen-bond donors (Lipinski definition) is 4. The van der Waals surface area contributed by atoms with E-state index in [0.717, 1.165) is 56.1 Å². The van der Waals surface area contributed by atoms with Crippen LogP contribution in [0.25, 0.3) is 0 Å². The van der Waals surface area contributed by atoms with Gasteiger partial charge in [-0.15, -0.1) is 0 Å². The van der Waals surface area contributed by atoms with Crippen molar-refractivity contribution in [3.63, 3.8) is 0 Å². The molecule has 5 saturated heterocycles. The van der Waals surface area contributed by atoms with Gasteiger partial charge in [0.15, 0.2) is 0 Å². The van der Waals surface area contributed by atoms with E-state index in [1.54, 1.807) is 12.1 Å². The Balaban J connectivity index is 1.12. The van der Waals surface area contributed by atoms with Crippen molar-refractivity contribution >= 4 is 23.2 Å². The van der Waals surface area contributed by atoms with Crippen LogP contribution in [-0.2, 0) is 14.3 Å². The fourth-order valence-electron chi connectivity index (χ4n) is 7.07. The maximum atomic E-state index is 13.7. The molecular formula is C29H41N9O4. The minimum Gasteiger partial charge on any atom is -0.497 e. The maximum absolute atomic E-state index is 13.7. The average Bonchev–Trinajstić information content (AvgIpc) is 3.26. The molecule has 1 aromatic rings. The van der Waals surface area contributed by atoms with E-state index in [4.69, 9.17) is 9.47 Å². The minimum absolute atomic E-state index is 0.0174. The third-order valence-electron chi connectivity index (χ3n) is 9.37. The van der Waals surface area contributed by atoms with E-state index in [-0.39, 0.29) is 55.2 Å². The van der Waals surface area contributed by atoms with Crippen LogP contribution < -0.4 is 30.9 Å². The fraction of sp³-hybridized carbons (Fsp3) is 0.655. The second-order valence-corrected chi connectivity index (χ2v) is 11.9. The van der Waals surface area contributed by atoms with Crippen LogP contribution in [0.2, 0.25) is 0 Å². The van der Waals surface area contributed by atoms with E-state index in [1.165, 1.54) is 0 Å². The van der Waals surface area contributed by atoms with Crippen LogP contribution in [-0.4, -0.2) is 129 Å². The molecular weight excluding hydrogens is 538 g/mol. The number of rotatable bonds is 4. The van der Waals surface area contributed by atoms with Gasteiger partial charge in [-0.25, -0.2) is 0 Å². The van der Waals surface area contributed by atoms with Gasteiger partial charge in [0.25, 0.3) is 0 Å². The number of methoxy groups -OCH3 is 1. The summed E-state index contributed by atoms with van der Waals surface area (Å²) >= 11 is 0. The quantitative estimate of drug-likeness (QED) is 0.330. The highest BCUT2D eigenvalue weighted by Crippen LogP contribution is 2.34. The number of likely N-dealkylation sites (N-methyl/N-ethyl adjacent to an activating group) is 1. The average molecular weight is 580 g/mol. The highest BCUT2D eigenvalue weighted by Gasteiger charge is 2.53. The number of amides is 2. The Labute approximate surface area is 246 Å². The summed E-state index contributed by atoms with van der Waals surface area (Å²) in [7, 11) is 3.85. The van der Waals surface area contributed by atoms with Crippen molar-refractivity contribution in [3.05, 3.63) is 18.2 Å². The van der Waals surface area contributed by atoms with E-state index < -0.39 is 0 Å². The Morgan fingerprint density at radius 1 is 1.02 bits per heavy atom. The highest BCUT2D eigenvalue weighted by molar-refractivity contribution is 5.82. The molecule has 6 heterocycles. The van der Waals surface area contributed by atoms with Crippen LogP contribution in [0.4, 0.5) is 11.4 Å². The van der Waals surface area contributed by atoms with Gasteiger partial charge >= 0.3 is 0 Å². The second-order valence-electron chi connectivity index (χ2n) is 11.9. The van der Waals surface area contributed by atoms with Gasteiger partial charge in [0, 0.05) is 69.2 Å². The molecule has 6 unspecified atom stereocenters. The zero-order valence-electron chi connectivity index (χ0n) is 24.3. The monoisotopic (exact) mass is 579 g/mol. The smallest absolute Gasteiger partial charge is 0.249 e. The standard InChI is InChI=1S/C29H41N9O4/c1-34-10-12-35(13-11-34)20-14-19(15-21(16-20)41-2)31-29-30-17-22-26(33-29)38-24-7-6-23-27(32-24)36(25(39)18-42-23)8-4-3-5-9-37(38)28(22)40/h14-16,22-24,26-27,29-33H,4,6-13,17-18H2,1-2H3. The molecule has 42 heavy (non-hydrogen) atoms. The van der Waals surface area contributed by atoms with Crippen molar-refractivity contribution < 1.29 is 19.1 Å². The first-order valence-corrected chi connectivity index (χ1v) is 15.1. The molecule has 0 aromatic heterocycles. The number of carbonyl (C=O) groups excluding carboxylic acids is 2. The minimum atomic E-state index is -0.275. The van der Waals surface area contributed by atoms with E-state index in [0.29, 0.717) is 26.1 Å². The number of nitrogens with zero attached hydrogens (tertiary/aromatic N) is 5. The van der Waals surface area contributed by atoms with Crippen LogP contribution in [0, 0.1) is 17.8 Å². The van der Waals surface area contributed by atoms with Crippen LogP contribution in [0.15, 0.2) is 18.2 Å². The number of hydrazine groups is 1. The summed E-state index contributed by atoms with van der Waals surface area (Å²) in [6.45, 7) is 5.49. The van der Waals surface area contributed by atoms with Crippen molar-refractivity contribution in [1.29, 1.82) is 0 Å². The second kappa shape index (κ2) is 11.5. The lowest BCUT2D eigenvalue weighted by Gasteiger charge is -2.50. The molecule has 6 atom stereocenters. The topological polar surface area (TPSA) is 117 Å². The van der Waals surface area contributed by atoms with Crippen molar-refractivity contribution in [2.75, 3.05) is 76.8 Å². The number of anilines is 2. The van der Waals surface area contributed by atoms with E-state index in [9.17, 15) is 9.59 Å². The Morgan fingerprint density at radius 2 is 1.88 bits per heavy atom. The van der Waals surface area contributed by atoms with Gasteiger partial charge in [0.05, 0.1) is 38.0 Å². The molecule has 5 fully saturated rings. The predicted octanol–water partition coefficient (Wildman–Crippen LogP) is -0.993. The molecule has 4 N–H and O–H groups in total. The van der Waals surface area contributed by atoms with E-state index >= 15 is 0 Å². The van der Waals surface area contributed by atoms with E-state index in [2.05, 4.69) is 67.1 Å². The largest absolute Gasteiger partial charge is 0.497 e. The molecule has 2 bridgehead atoms. The van der Waals surface area contributed by atoms with Crippen LogP contribution in [0.1, 0.15) is 19.3 Å². The van der Waals surface area contributed by atoms with Gasteiger partial charge in [-0.3, -0.25) is 30.5 Å². The first-order valence-electron chi connectivity index (χ1n) is 15.1. The molecule has 13 heteroatoms. The zero-order valence-corrected chi connectivity index (χ0v) is 24.3. The summed E-state index contributed by atoms with van der Waals surface area (Å²) in [5, 5.41) is 18.4. The SMILES string of the molecule is COc1cc(NC2NCC3C(=O)N4CC#CCCN5C(=O)COC6CCC(NC65)N4C3N2)cc(N2CCN(C)CC2)c1. The predicted molar refractivity (Wildman–Crippen MR) is 156 cm³/mol. The number of benzene rings is 1. The third-order valence-corrected chi connectivity index (χ3v) is 9.37. The van der Waals surface area contributed by atoms with Gasteiger partial charge < -0.3 is 29.5 Å². The van der Waals surface area contributed by atoms with Gasteiger partial charge in [-0.1, -0.05) is 11.8 Å². The van der Waals surface area contributed by atoms with Crippen LogP contribution in [0.3, 0.4) is 0 Å². The molecule has 2 amide bonds. The van der Waals surface area contributed by atoms with Gasteiger partial charge in [0.2, 0.25) is 11.8 Å². The highest BCUT2D eigenvalue weighted by atomic mass is 16.5. The normalized spacial score (nSPS) is 33.7. The van der Waals surface area contributed by atoms with Crippen LogP contribution >= 0.6 is 0 Å². The Hall–Kier alpha value is -3.12. The number of carbonyl (C=O) groups is 2. The van der Waals surface area contributed by atoms with Crippen molar-refractivity contribution in [1.82, 2.24) is 35.8 Å². The Bertz CT molecular complexity index is 1260. The van der Waals surface area contributed by atoms with Crippen molar-refractivity contribution in [3.8, 4) is 17.6 Å². The molecule has 6 aliphatic heterocycles. The number of ether oxygens (including phenoxy) is 2. The molecule has 0 radical (unpaired) electrons. The summed E-state index contributed by atoms with van der Waals surface area (Å²) < 4.78 is 11.6. The van der Waals surface area contributed by atoms with E-state index in [1.807, 2.05) is 11.0 Å². The lowest BCUT2D eigenvalue weighted by atomic mass is 9.99. The Kier molecular flexibility index (Phi) is 7.60. The Morgan fingerprint density at radius 3 is 2.71 bits per heavy atom. The lowest BCUT2D eigenvalue weighted by Crippen LogP contribution is -2.72. The maximum Gasteiger partial charge on any atom is 0.249 e. The molecule has 6 aliphatic rings. The number of piperazine rings is 1. The summed E-state index contributed by atoms with van der Waals surface area (Å²) in [6, 6.07) is 6.25. The summed E-state index contributed by atoms with van der Waals surface area (Å²) in [6.07, 6.45) is 1.21. The van der Waals surface area contributed by atoms with Crippen LogP contribution in [0.5, 0.6) is 5.75 Å². The fourth-order valence-corrected chi connectivity index (χ4v) is 7.07. The number of piperidine rings is 1. The summed E-state index contributed by atoms with van der Waals surface area (Å²) in [4.78, 5) is 33.1. The molecule has 226 valence electrons. The molecule has 1 aromatic carbocycles. The molecule has 7 rings (SSSR count). The summed E-state index contributed by atoms with van der Waals surface area (Å²) in [5.41, 5.74) is 2.06. The molecule has 0 aliphatic carbocycles. The third kappa shape index (κ3) is 5.16. The zero-order chi connectivity index (χ0) is 28.8. The summed E-state index contributed by atoms with van der Waals surface area (Å²) in [5.74, 6) is 6.96. The molecule has 13 nitrogen and oxygen atoms in total. The number of fused-ring (bicyclic) bond motifs is 5. The lowest BCUT2D eigenvalue weighted by molar-refractivity contribution is -0.175. The number of morpholine rings is 1. The number of hydrogen-bond acceptors (Lipinski definition) is 11.